The van der Waals surface area contributed by atoms with Crippen LogP contribution in [0.5, 0.6) is 0 Å². The van der Waals surface area contributed by atoms with Gasteiger partial charge >= 0.3 is 0 Å². The van der Waals surface area contributed by atoms with Gasteiger partial charge in [-0.25, -0.2) is 4.98 Å². The second-order valence-electron chi connectivity index (χ2n) is 6.24. The Morgan fingerprint density at radius 3 is 2.64 bits per heavy atom. The highest BCUT2D eigenvalue weighted by atomic mass is 15.1. The number of nitrogens with two attached hydrogens (primary N) is 1. The van der Waals surface area contributed by atoms with Crippen LogP contribution in [0, 0.1) is 13.8 Å². The van der Waals surface area contributed by atoms with Crippen LogP contribution >= 0.6 is 0 Å². The van der Waals surface area contributed by atoms with Crippen LogP contribution in [0.2, 0.25) is 0 Å². The van der Waals surface area contributed by atoms with Crippen LogP contribution in [-0.2, 0) is 5.41 Å². The number of aliphatic imine (C=N–C) groups is 1. The van der Waals surface area contributed by atoms with Crippen molar-refractivity contribution in [1.82, 2.24) is 4.98 Å². The summed E-state index contributed by atoms with van der Waals surface area (Å²) in [4.78, 5) is 8.65. The number of guanidine groups is 1. The van der Waals surface area contributed by atoms with Crippen molar-refractivity contribution in [1.29, 1.82) is 0 Å². The SMILES string of the molecule is Cc1ccc(C(C)(C)CN=C(N)Nc2ccccn2)c(C)c1. The largest absolute Gasteiger partial charge is 0.370 e. The number of benzene rings is 1. The number of nitrogens with one attached hydrogen (secondary N) is 1. The van der Waals surface area contributed by atoms with E-state index in [2.05, 4.69) is 61.2 Å². The van der Waals surface area contributed by atoms with Gasteiger partial charge in [0.05, 0.1) is 6.54 Å². The molecule has 1 aromatic carbocycles. The number of hydrogen-bond donors (Lipinski definition) is 2. The van der Waals surface area contributed by atoms with Gasteiger partial charge in [0.1, 0.15) is 5.82 Å². The monoisotopic (exact) mass is 296 g/mol. The van der Waals surface area contributed by atoms with Gasteiger partial charge in [-0.1, -0.05) is 43.7 Å². The first-order valence-corrected chi connectivity index (χ1v) is 7.44. The molecule has 0 fully saturated rings. The first-order valence-electron chi connectivity index (χ1n) is 7.44. The average molecular weight is 296 g/mol. The van der Waals surface area contributed by atoms with Gasteiger partial charge < -0.3 is 11.1 Å². The van der Waals surface area contributed by atoms with Crippen molar-refractivity contribution in [2.45, 2.75) is 33.1 Å². The van der Waals surface area contributed by atoms with Gasteiger partial charge in [-0.05, 0) is 37.1 Å². The number of aromatic nitrogens is 1. The van der Waals surface area contributed by atoms with Crippen molar-refractivity contribution in [2.24, 2.45) is 10.7 Å². The minimum Gasteiger partial charge on any atom is -0.370 e. The lowest BCUT2D eigenvalue weighted by Crippen LogP contribution is -2.28. The fraction of sp³-hybridized carbons (Fsp3) is 0.333. The maximum Gasteiger partial charge on any atom is 0.194 e. The summed E-state index contributed by atoms with van der Waals surface area (Å²) in [5, 5.41) is 3.01. The average Bonchev–Trinajstić information content (AvgIpc) is 2.46. The van der Waals surface area contributed by atoms with Gasteiger partial charge in [0, 0.05) is 11.6 Å². The summed E-state index contributed by atoms with van der Waals surface area (Å²) in [5.41, 5.74) is 9.74. The first-order chi connectivity index (χ1) is 10.4. The molecule has 0 atom stereocenters. The molecule has 0 saturated heterocycles. The molecule has 0 amide bonds. The summed E-state index contributed by atoms with van der Waals surface area (Å²) in [6.45, 7) is 9.23. The van der Waals surface area contributed by atoms with Gasteiger partial charge in [-0.2, -0.15) is 0 Å². The minimum absolute atomic E-state index is 0.0752. The molecule has 0 aliphatic rings. The number of hydrogen-bond acceptors (Lipinski definition) is 2. The summed E-state index contributed by atoms with van der Waals surface area (Å²) in [6.07, 6.45) is 1.72. The smallest absolute Gasteiger partial charge is 0.194 e. The molecule has 0 bridgehead atoms. The summed E-state index contributed by atoms with van der Waals surface area (Å²) in [5.74, 6) is 1.09. The number of anilines is 1. The van der Waals surface area contributed by atoms with Crippen LogP contribution in [0.4, 0.5) is 5.82 Å². The quantitative estimate of drug-likeness (QED) is 0.671. The topological polar surface area (TPSA) is 63.3 Å². The second kappa shape index (κ2) is 6.60. The second-order valence-corrected chi connectivity index (χ2v) is 6.24. The van der Waals surface area contributed by atoms with E-state index in [1.807, 2.05) is 18.2 Å². The van der Waals surface area contributed by atoms with E-state index in [1.165, 1.54) is 16.7 Å². The number of aryl methyl sites for hydroxylation is 2. The third-order valence-electron chi connectivity index (χ3n) is 3.68. The van der Waals surface area contributed by atoms with Gasteiger partial charge in [0.25, 0.3) is 0 Å². The zero-order chi connectivity index (χ0) is 16.2. The number of pyridine rings is 1. The third kappa shape index (κ3) is 4.07. The molecule has 0 aliphatic carbocycles. The third-order valence-corrected chi connectivity index (χ3v) is 3.68. The lowest BCUT2D eigenvalue weighted by atomic mass is 9.81. The molecule has 1 aromatic heterocycles. The molecule has 22 heavy (non-hydrogen) atoms. The van der Waals surface area contributed by atoms with Gasteiger partial charge in [0.2, 0.25) is 0 Å². The molecule has 0 unspecified atom stereocenters. The predicted octanol–water partition coefficient (Wildman–Crippen LogP) is 3.40. The van der Waals surface area contributed by atoms with Crippen LogP contribution in [-0.4, -0.2) is 17.5 Å². The zero-order valence-electron chi connectivity index (χ0n) is 13.7. The maximum absolute atomic E-state index is 5.95. The van der Waals surface area contributed by atoms with Crippen LogP contribution in [0.1, 0.15) is 30.5 Å². The highest BCUT2D eigenvalue weighted by Crippen LogP contribution is 2.27. The predicted molar refractivity (Wildman–Crippen MR) is 93.3 cm³/mol. The standard InChI is InChI=1S/C18H24N4/c1-13-8-9-15(14(2)11-13)18(3,4)12-21-17(19)22-16-7-5-6-10-20-16/h5-11H,12H2,1-4H3,(H3,19,20,21,22). The fourth-order valence-corrected chi connectivity index (χ4v) is 2.55. The normalized spacial score (nSPS) is 12.3. The van der Waals surface area contributed by atoms with Crippen molar-refractivity contribution in [3.05, 3.63) is 59.3 Å². The van der Waals surface area contributed by atoms with Gasteiger partial charge in [-0.3, -0.25) is 4.99 Å². The Kier molecular flexibility index (Phi) is 4.81. The van der Waals surface area contributed by atoms with Crippen molar-refractivity contribution in [2.75, 3.05) is 11.9 Å². The van der Waals surface area contributed by atoms with E-state index in [0.29, 0.717) is 18.3 Å². The molecule has 2 rings (SSSR count). The van der Waals surface area contributed by atoms with Gasteiger partial charge in [-0.15, -0.1) is 0 Å². The van der Waals surface area contributed by atoms with Crippen molar-refractivity contribution >= 4 is 11.8 Å². The molecule has 116 valence electrons. The van der Waals surface area contributed by atoms with E-state index in [-0.39, 0.29) is 5.41 Å². The van der Waals surface area contributed by atoms with Gasteiger partial charge in [0.15, 0.2) is 5.96 Å². The Labute approximate surface area is 132 Å². The molecule has 0 saturated carbocycles. The summed E-state index contributed by atoms with van der Waals surface area (Å²) >= 11 is 0. The van der Waals surface area contributed by atoms with E-state index in [0.717, 1.165) is 0 Å². The van der Waals surface area contributed by atoms with Crippen LogP contribution in [0.15, 0.2) is 47.6 Å². The summed E-state index contributed by atoms with van der Waals surface area (Å²) in [6, 6.07) is 12.2. The van der Waals surface area contributed by atoms with E-state index in [1.54, 1.807) is 6.20 Å². The van der Waals surface area contributed by atoms with Crippen molar-refractivity contribution in [3.63, 3.8) is 0 Å². The Morgan fingerprint density at radius 1 is 1.23 bits per heavy atom. The lowest BCUT2D eigenvalue weighted by Gasteiger charge is -2.25. The Bertz CT molecular complexity index is 660. The van der Waals surface area contributed by atoms with Crippen LogP contribution < -0.4 is 11.1 Å². The maximum atomic E-state index is 5.95. The van der Waals surface area contributed by atoms with Crippen LogP contribution in [0.25, 0.3) is 0 Å². The molecule has 1 heterocycles. The van der Waals surface area contributed by atoms with E-state index < -0.39 is 0 Å². The summed E-state index contributed by atoms with van der Waals surface area (Å²) in [7, 11) is 0. The van der Waals surface area contributed by atoms with Crippen molar-refractivity contribution in [3.8, 4) is 0 Å². The molecule has 4 heteroatoms. The number of nitrogens with zero attached hydrogens (tertiary/aromatic N) is 2. The number of rotatable bonds is 4. The Balaban J connectivity index is 2.09. The molecular formula is C18H24N4. The van der Waals surface area contributed by atoms with Crippen molar-refractivity contribution < 1.29 is 0 Å². The Hall–Kier alpha value is -2.36. The Morgan fingerprint density at radius 2 is 2.00 bits per heavy atom. The molecule has 2 aromatic rings. The molecular weight excluding hydrogens is 272 g/mol. The van der Waals surface area contributed by atoms with Crippen LogP contribution in [0.3, 0.4) is 0 Å². The molecule has 4 nitrogen and oxygen atoms in total. The summed E-state index contributed by atoms with van der Waals surface area (Å²) < 4.78 is 0. The molecule has 0 radical (unpaired) electrons. The first kappa shape index (κ1) is 16.0. The van der Waals surface area contributed by atoms with E-state index >= 15 is 0 Å². The zero-order valence-corrected chi connectivity index (χ0v) is 13.7. The minimum atomic E-state index is -0.0752. The highest BCUT2D eigenvalue weighted by molar-refractivity contribution is 5.91. The fourth-order valence-electron chi connectivity index (χ4n) is 2.55. The van der Waals surface area contributed by atoms with E-state index in [9.17, 15) is 0 Å². The molecule has 3 N–H and O–H groups in total. The van der Waals surface area contributed by atoms with E-state index in [4.69, 9.17) is 5.73 Å². The molecule has 0 spiro atoms. The molecule has 0 aliphatic heterocycles. The lowest BCUT2D eigenvalue weighted by molar-refractivity contribution is 0.537. The highest BCUT2D eigenvalue weighted by Gasteiger charge is 2.22.